The van der Waals surface area contributed by atoms with Gasteiger partial charge in [0.1, 0.15) is 17.7 Å². The number of nitrogens with zero attached hydrogens (tertiary/aromatic N) is 3. The van der Waals surface area contributed by atoms with Crippen LogP contribution in [0.2, 0.25) is 0 Å². The third-order valence-corrected chi connectivity index (χ3v) is 5.19. The van der Waals surface area contributed by atoms with Crippen LogP contribution >= 0.6 is 11.3 Å². The Labute approximate surface area is 169 Å². The fourth-order valence-corrected chi connectivity index (χ4v) is 3.62. The van der Waals surface area contributed by atoms with Crippen molar-refractivity contribution in [2.75, 3.05) is 19.0 Å². The third kappa shape index (κ3) is 4.38. The minimum atomic E-state index is 0.124. The summed E-state index contributed by atoms with van der Waals surface area (Å²) in [6.45, 7) is 0. The molecule has 4 heteroatoms. The average Bonchev–Trinajstić information content (AvgIpc) is 3.19. The number of allylic oxidation sites excluding steroid dienone is 1. The second kappa shape index (κ2) is 8.86. The second-order valence-corrected chi connectivity index (χ2v) is 7.34. The maximum atomic E-state index is 9.39. The fraction of sp³-hybridized carbons (Fsp3) is 0.0833. The first-order valence-electron chi connectivity index (χ1n) is 8.76. The normalized spacial score (nSPS) is 10.3. The van der Waals surface area contributed by atoms with Crippen molar-refractivity contribution in [2.45, 2.75) is 0 Å². The van der Waals surface area contributed by atoms with Gasteiger partial charge in [-0.25, -0.2) is 0 Å². The predicted molar refractivity (Wildman–Crippen MR) is 118 cm³/mol. The molecule has 0 N–H and O–H groups in total. The zero-order chi connectivity index (χ0) is 19.9. The largest absolute Gasteiger partial charge is 0.378 e. The molecule has 0 fully saturated rings. The molecule has 0 spiro atoms. The molecule has 28 heavy (non-hydrogen) atoms. The number of thiophene rings is 1. The van der Waals surface area contributed by atoms with Gasteiger partial charge in [0.15, 0.2) is 0 Å². The third-order valence-electron chi connectivity index (χ3n) is 4.29. The highest BCUT2D eigenvalue weighted by Crippen LogP contribution is 2.31. The molecule has 0 saturated heterocycles. The molecule has 3 rings (SSSR count). The molecule has 2 aromatic carbocycles. The molecule has 1 aromatic heterocycles. The summed E-state index contributed by atoms with van der Waals surface area (Å²) in [7, 11) is 4.04. The highest BCUT2D eigenvalue weighted by molar-refractivity contribution is 7.11. The quantitative estimate of drug-likeness (QED) is 0.522. The maximum Gasteiger partial charge on any atom is 0.138 e. The van der Waals surface area contributed by atoms with E-state index in [9.17, 15) is 10.5 Å². The lowest BCUT2D eigenvalue weighted by Gasteiger charge is -2.11. The van der Waals surface area contributed by atoms with Gasteiger partial charge in [-0.3, -0.25) is 0 Å². The molecule has 1 heterocycles. The van der Waals surface area contributed by atoms with E-state index in [1.54, 1.807) is 11.3 Å². The van der Waals surface area contributed by atoms with Crippen molar-refractivity contribution >= 4 is 34.7 Å². The van der Waals surface area contributed by atoms with Crippen LogP contribution in [0.25, 0.3) is 17.7 Å². The number of benzene rings is 2. The van der Waals surface area contributed by atoms with E-state index >= 15 is 0 Å². The van der Waals surface area contributed by atoms with Crippen LogP contribution in [0.4, 0.5) is 5.69 Å². The Morgan fingerprint density at radius 3 is 2.18 bits per heavy atom. The number of rotatable bonds is 5. The number of nitriles is 2. The lowest BCUT2D eigenvalue weighted by molar-refractivity contribution is 1.13. The van der Waals surface area contributed by atoms with Crippen LogP contribution in [0, 0.1) is 22.7 Å². The molecule has 0 amide bonds. The van der Waals surface area contributed by atoms with E-state index < -0.39 is 0 Å². The van der Waals surface area contributed by atoms with Gasteiger partial charge in [-0.2, -0.15) is 10.5 Å². The first-order chi connectivity index (χ1) is 13.6. The zero-order valence-corrected chi connectivity index (χ0v) is 16.6. The first-order valence-corrected chi connectivity index (χ1v) is 9.64. The van der Waals surface area contributed by atoms with Gasteiger partial charge in [0.05, 0.1) is 0 Å². The molecule has 3 nitrogen and oxygen atoms in total. The van der Waals surface area contributed by atoms with Crippen LogP contribution in [0.1, 0.15) is 21.6 Å². The molecule has 0 aliphatic carbocycles. The lowest BCUT2D eigenvalue weighted by Crippen LogP contribution is -2.07. The Hall–Kier alpha value is -3.60. The van der Waals surface area contributed by atoms with Crippen molar-refractivity contribution in [1.82, 2.24) is 0 Å². The summed E-state index contributed by atoms with van der Waals surface area (Å²) >= 11 is 1.59. The van der Waals surface area contributed by atoms with Gasteiger partial charge in [0.2, 0.25) is 0 Å². The summed E-state index contributed by atoms with van der Waals surface area (Å²) < 4.78 is 0. The molecule has 0 saturated carbocycles. The molecule has 0 aliphatic rings. The molecule has 136 valence electrons. The average molecular weight is 382 g/mol. The van der Waals surface area contributed by atoms with E-state index in [-0.39, 0.29) is 5.57 Å². The van der Waals surface area contributed by atoms with E-state index in [0.29, 0.717) is 5.57 Å². The fourth-order valence-electron chi connectivity index (χ4n) is 2.83. The van der Waals surface area contributed by atoms with Gasteiger partial charge in [-0.1, -0.05) is 48.5 Å². The molecular formula is C24H19N3S. The van der Waals surface area contributed by atoms with E-state index in [4.69, 9.17) is 0 Å². The van der Waals surface area contributed by atoms with Crippen LogP contribution in [0.5, 0.6) is 0 Å². The molecule has 0 atom stereocenters. The van der Waals surface area contributed by atoms with Gasteiger partial charge in [-0.05, 0) is 46.3 Å². The number of hydrogen-bond acceptors (Lipinski definition) is 4. The lowest BCUT2D eigenvalue weighted by atomic mass is 9.95. The van der Waals surface area contributed by atoms with E-state index in [0.717, 1.165) is 27.3 Å². The van der Waals surface area contributed by atoms with Crippen LogP contribution in [-0.4, -0.2) is 14.1 Å². The van der Waals surface area contributed by atoms with Gasteiger partial charge >= 0.3 is 0 Å². The smallest absolute Gasteiger partial charge is 0.138 e. The number of hydrogen-bond donors (Lipinski definition) is 0. The van der Waals surface area contributed by atoms with Crippen LogP contribution in [0.3, 0.4) is 0 Å². The minimum absolute atomic E-state index is 0.124. The maximum absolute atomic E-state index is 9.39. The Morgan fingerprint density at radius 2 is 1.57 bits per heavy atom. The van der Waals surface area contributed by atoms with E-state index in [1.807, 2.05) is 68.0 Å². The molecule has 3 aromatic rings. The zero-order valence-electron chi connectivity index (χ0n) is 15.8. The SMILES string of the molecule is CN(C)c1ccc(C=Cc2cc(C(=C(C#N)C#N)c3ccccc3)cs2)cc1. The van der Waals surface area contributed by atoms with E-state index in [1.165, 1.54) is 0 Å². The van der Waals surface area contributed by atoms with Crippen molar-refractivity contribution in [1.29, 1.82) is 10.5 Å². The summed E-state index contributed by atoms with van der Waals surface area (Å²) in [6.07, 6.45) is 4.12. The van der Waals surface area contributed by atoms with E-state index in [2.05, 4.69) is 41.3 Å². The number of anilines is 1. The first kappa shape index (κ1) is 19.2. The van der Waals surface area contributed by atoms with Crippen molar-refractivity contribution < 1.29 is 0 Å². The second-order valence-electron chi connectivity index (χ2n) is 6.40. The predicted octanol–water partition coefficient (Wildman–Crippen LogP) is 5.83. The van der Waals surface area contributed by atoms with Crippen LogP contribution < -0.4 is 4.90 Å². The van der Waals surface area contributed by atoms with Crippen molar-refractivity contribution in [3.05, 3.63) is 93.2 Å². The summed E-state index contributed by atoms with van der Waals surface area (Å²) in [5.74, 6) is 0. The molecule has 0 unspecified atom stereocenters. The Kier molecular flexibility index (Phi) is 6.07. The summed E-state index contributed by atoms with van der Waals surface area (Å²) in [6, 6.07) is 24.0. The molecular weight excluding hydrogens is 362 g/mol. The highest BCUT2D eigenvalue weighted by atomic mass is 32.1. The Morgan fingerprint density at radius 1 is 0.893 bits per heavy atom. The molecule has 0 bridgehead atoms. The highest BCUT2D eigenvalue weighted by Gasteiger charge is 2.13. The summed E-state index contributed by atoms with van der Waals surface area (Å²) in [5.41, 5.74) is 4.84. The minimum Gasteiger partial charge on any atom is -0.378 e. The van der Waals surface area contributed by atoms with Crippen molar-refractivity contribution in [2.24, 2.45) is 0 Å². The van der Waals surface area contributed by atoms with Gasteiger partial charge < -0.3 is 4.90 Å². The van der Waals surface area contributed by atoms with Crippen molar-refractivity contribution in [3.63, 3.8) is 0 Å². The van der Waals surface area contributed by atoms with Crippen LogP contribution in [-0.2, 0) is 0 Å². The van der Waals surface area contributed by atoms with Gasteiger partial charge in [-0.15, -0.1) is 11.3 Å². The standard InChI is InChI=1S/C24H19N3S/c1-27(2)22-11-8-18(9-12-22)10-13-23-14-20(17-28-23)24(21(15-25)16-26)19-6-4-3-5-7-19/h3-14,17H,1-2H3. The Bertz CT molecular complexity index is 1070. The topological polar surface area (TPSA) is 50.8 Å². The molecule has 0 radical (unpaired) electrons. The summed E-state index contributed by atoms with van der Waals surface area (Å²) in [4.78, 5) is 3.13. The van der Waals surface area contributed by atoms with Crippen molar-refractivity contribution in [3.8, 4) is 12.1 Å². The summed E-state index contributed by atoms with van der Waals surface area (Å²) in [5, 5.41) is 20.8. The molecule has 0 aliphatic heterocycles. The monoisotopic (exact) mass is 381 g/mol. The van der Waals surface area contributed by atoms with Crippen LogP contribution in [0.15, 0.2) is 71.6 Å². The van der Waals surface area contributed by atoms with Gasteiger partial charge in [0, 0.05) is 30.2 Å². The van der Waals surface area contributed by atoms with Gasteiger partial charge in [0.25, 0.3) is 0 Å². The Balaban J connectivity index is 1.90.